The molecule has 2 N–H and O–H groups in total. The van der Waals surface area contributed by atoms with Gasteiger partial charge in [-0.3, -0.25) is 9.71 Å². The van der Waals surface area contributed by atoms with Crippen molar-refractivity contribution < 1.29 is 14.1 Å². The summed E-state index contributed by atoms with van der Waals surface area (Å²) in [5, 5.41) is 18.8. The van der Waals surface area contributed by atoms with Crippen LogP contribution in [0.25, 0.3) is 0 Å². The third-order valence-corrected chi connectivity index (χ3v) is 6.31. The quantitative estimate of drug-likeness (QED) is 0.676. The SMILES string of the molecule is COc1cc(C2C(=N)N(c3ccc(C)cc3)S(=O)N2c2ccccc2)ccc1O. The van der Waals surface area contributed by atoms with E-state index in [1.165, 1.54) is 17.5 Å². The molecule has 1 fully saturated rings. The molecule has 1 aliphatic rings. The van der Waals surface area contributed by atoms with Crippen LogP contribution >= 0.6 is 0 Å². The Morgan fingerprint density at radius 2 is 1.69 bits per heavy atom. The second-order valence-electron chi connectivity index (χ2n) is 6.74. The maximum absolute atomic E-state index is 13.5. The number of benzene rings is 3. The molecular formula is C22H21N3O3S. The average molecular weight is 407 g/mol. The minimum atomic E-state index is -1.64. The highest BCUT2D eigenvalue weighted by atomic mass is 32.2. The minimum absolute atomic E-state index is 0.0172. The summed E-state index contributed by atoms with van der Waals surface area (Å²) < 4.78 is 22.0. The first-order chi connectivity index (χ1) is 14.0. The van der Waals surface area contributed by atoms with Gasteiger partial charge < -0.3 is 9.84 Å². The lowest BCUT2D eigenvalue weighted by atomic mass is 10.0. The molecule has 2 atom stereocenters. The van der Waals surface area contributed by atoms with Gasteiger partial charge in [0.25, 0.3) is 0 Å². The molecule has 0 amide bonds. The molecule has 1 aliphatic heterocycles. The lowest BCUT2D eigenvalue weighted by Gasteiger charge is -2.23. The molecule has 4 rings (SSSR count). The van der Waals surface area contributed by atoms with E-state index in [1.807, 2.05) is 61.5 Å². The van der Waals surface area contributed by atoms with Crippen LogP contribution in [0.5, 0.6) is 11.5 Å². The number of para-hydroxylation sites is 1. The Morgan fingerprint density at radius 3 is 2.34 bits per heavy atom. The van der Waals surface area contributed by atoms with Crippen molar-refractivity contribution in [2.75, 3.05) is 15.7 Å². The molecule has 3 aromatic carbocycles. The second-order valence-corrected chi connectivity index (χ2v) is 7.96. The first kappa shape index (κ1) is 19.0. The van der Waals surface area contributed by atoms with Crippen molar-refractivity contribution in [3.05, 3.63) is 83.9 Å². The number of aryl methyl sites for hydroxylation is 1. The van der Waals surface area contributed by atoms with Crippen molar-refractivity contribution in [3.63, 3.8) is 0 Å². The lowest BCUT2D eigenvalue weighted by molar-refractivity contribution is 0.373. The molecule has 0 radical (unpaired) electrons. The molecule has 0 saturated carbocycles. The summed E-state index contributed by atoms with van der Waals surface area (Å²) in [6.07, 6.45) is 0. The number of rotatable bonds is 4. The first-order valence-corrected chi connectivity index (χ1v) is 10.2. The average Bonchev–Trinajstić information content (AvgIpc) is 3.00. The molecule has 0 aliphatic carbocycles. The topological polar surface area (TPSA) is 76.9 Å². The standard InChI is InChI=1S/C22H21N3O3S/c1-15-8-11-18(12-9-15)25-22(23)21(16-10-13-19(26)20(14-16)28-2)24(29(25)27)17-6-4-3-5-7-17/h3-14,21,23,26H,1-2H3. The highest BCUT2D eigenvalue weighted by Gasteiger charge is 2.44. The van der Waals surface area contributed by atoms with Gasteiger partial charge in [0.1, 0.15) is 11.9 Å². The van der Waals surface area contributed by atoms with Crippen molar-refractivity contribution in [2.45, 2.75) is 13.0 Å². The van der Waals surface area contributed by atoms with Crippen LogP contribution in [0.15, 0.2) is 72.8 Å². The number of aromatic hydroxyl groups is 1. The number of phenols is 1. The van der Waals surface area contributed by atoms with E-state index in [0.717, 1.165) is 11.3 Å². The van der Waals surface area contributed by atoms with Gasteiger partial charge in [0.05, 0.1) is 18.5 Å². The summed E-state index contributed by atoms with van der Waals surface area (Å²) in [6, 6.07) is 21.3. The maximum atomic E-state index is 13.5. The number of ether oxygens (including phenoxy) is 1. The van der Waals surface area contributed by atoms with Crippen LogP contribution in [-0.2, 0) is 11.2 Å². The number of hydrogen-bond acceptors (Lipinski definition) is 4. The van der Waals surface area contributed by atoms with Crippen molar-refractivity contribution in [1.29, 1.82) is 5.41 Å². The van der Waals surface area contributed by atoms with E-state index in [9.17, 15) is 9.32 Å². The number of phenolic OH excluding ortho intramolecular Hbond substituents is 1. The Kier molecular flexibility index (Phi) is 4.98. The Labute approximate surface area is 172 Å². The molecular weight excluding hydrogens is 386 g/mol. The zero-order valence-electron chi connectivity index (χ0n) is 16.1. The highest BCUT2D eigenvalue weighted by Crippen LogP contribution is 2.41. The van der Waals surface area contributed by atoms with Crippen LogP contribution in [0.2, 0.25) is 0 Å². The van der Waals surface area contributed by atoms with Gasteiger partial charge in [-0.2, -0.15) is 0 Å². The monoisotopic (exact) mass is 407 g/mol. The van der Waals surface area contributed by atoms with Crippen LogP contribution in [0.3, 0.4) is 0 Å². The molecule has 0 bridgehead atoms. The third-order valence-electron chi connectivity index (χ3n) is 4.84. The van der Waals surface area contributed by atoms with Gasteiger partial charge in [-0.15, -0.1) is 0 Å². The summed E-state index contributed by atoms with van der Waals surface area (Å²) >= 11 is -1.64. The highest BCUT2D eigenvalue weighted by molar-refractivity contribution is 7.89. The molecule has 0 aromatic heterocycles. The predicted octanol–water partition coefficient (Wildman–Crippen LogP) is 4.33. The van der Waals surface area contributed by atoms with Crippen molar-refractivity contribution >= 4 is 28.4 Å². The smallest absolute Gasteiger partial charge is 0.232 e. The zero-order valence-corrected chi connectivity index (χ0v) is 16.9. The Morgan fingerprint density at radius 1 is 1.00 bits per heavy atom. The Hall–Kier alpha value is -3.32. The molecule has 1 heterocycles. The molecule has 1 saturated heterocycles. The van der Waals surface area contributed by atoms with Crippen LogP contribution in [-0.4, -0.2) is 22.3 Å². The number of nitrogens with one attached hydrogen (secondary N) is 1. The van der Waals surface area contributed by atoms with Crippen LogP contribution in [0, 0.1) is 12.3 Å². The predicted molar refractivity (Wildman–Crippen MR) is 116 cm³/mol. The van der Waals surface area contributed by atoms with Gasteiger partial charge in [-0.25, -0.2) is 8.51 Å². The van der Waals surface area contributed by atoms with Crippen molar-refractivity contribution in [3.8, 4) is 11.5 Å². The normalized spacial score (nSPS) is 18.9. The third kappa shape index (κ3) is 3.34. The molecule has 7 heteroatoms. The molecule has 0 spiro atoms. The number of hydrogen-bond donors (Lipinski definition) is 2. The van der Waals surface area contributed by atoms with Crippen molar-refractivity contribution in [2.24, 2.45) is 0 Å². The van der Waals surface area contributed by atoms with Gasteiger partial charge in [-0.05, 0) is 48.9 Å². The van der Waals surface area contributed by atoms with E-state index < -0.39 is 17.2 Å². The van der Waals surface area contributed by atoms with E-state index in [-0.39, 0.29) is 11.6 Å². The molecule has 29 heavy (non-hydrogen) atoms. The fourth-order valence-electron chi connectivity index (χ4n) is 3.37. The lowest BCUT2D eigenvalue weighted by Crippen LogP contribution is -2.27. The zero-order chi connectivity index (χ0) is 20.5. The fraction of sp³-hybridized carbons (Fsp3) is 0.136. The first-order valence-electron chi connectivity index (χ1n) is 9.09. The number of methoxy groups -OCH3 is 1. The van der Waals surface area contributed by atoms with Crippen LogP contribution in [0.1, 0.15) is 17.2 Å². The Bertz CT molecular complexity index is 1070. The fourth-order valence-corrected chi connectivity index (χ4v) is 4.82. The van der Waals surface area contributed by atoms with Gasteiger partial charge in [-0.1, -0.05) is 42.0 Å². The van der Waals surface area contributed by atoms with Crippen LogP contribution in [0.4, 0.5) is 11.4 Å². The summed E-state index contributed by atoms with van der Waals surface area (Å²) in [6.45, 7) is 1.98. The van der Waals surface area contributed by atoms with E-state index in [1.54, 1.807) is 16.4 Å². The molecule has 3 aromatic rings. The summed E-state index contributed by atoms with van der Waals surface area (Å²) in [5.74, 6) is 0.509. The number of amidine groups is 1. The van der Waals surface area contributed by atoms with Crippen LogP contribution < -0.4 is 13.3 Å². The minimum Gasteiger partial charge on any atom is -0.504 e. The summed E-state index contributed by atoms with van der Waals surface area (Å²) in [4.78, 5) is 0. The van der Waals surface area contributed by atoms with Gasteiger partial charge in [0.2, 0.25) is 11.2 Å². The summed E-state index contributed by atoms with van der Waals surface area (Å²) in [5.41, 5.74) is 3.22. The van der Waals surface area contributed by atoms with E-state index >= 15 is 0 Å². The van der Waals surface area contributed by atoms with E-state index in [0.29, 0.717) is 17.0 Å². The molecule has 2 unspecified atom stereocenters. The maximum Gasteiger partial charge on any atom is 0.232 e. The van der Waals surface area contributed by atoms with Crippen molar-refractivity contribution in [1.82, 2.24) is 0 Å². The number of nitrogens with zero attached hydrogens (tertiary/aromatic N) is 2. The number of anilines is 2. The van der Waals surface area contributed by atoms with E-state index in [2.05, 4.69) is 0 Å². The van der Waals surface area contributed by atoms with Gasteiger partial charge in [0, 0.05) is 0 Å². The van der Waals surface area contributed by atoms with Gasteiger partial charge >= 0.3 is 0 Å². The van der Waals surface area contributed by atoms with E-state index in [4.69, 9.17) is 10.1 Å². The van der Waals surface area contributed by atoms with Gasteiger partial charge in [0.15, 0.2) is 11.5 Å². The molecule has 148 valence electrons. The second kappa shape index (κ2) is 7.60. The molecule has 6 nitrogen and oxygen atoms in total. The largest absolute Gasteiger partial charge is 0.504 e. The summed E-state index contributed by atoms with van der Waals surface area (Å²) in [7, 11) is 1.48. The Balaban J connectivity index is 1.85.